The van der Waals surface area contributed by atoms with Crippen LogP contribution in [-0.4, -0.2) is 4.98 Å². The van der Waals surface area contributed by atoms with E-state index in [0.717, 1.165) is 4.47 Å². The highest BCUT2D eigenvalue weighted by molar-refractivity contribution is 9.10. The summed E-state index contributed by atoms with van der Waals surface area (Å²) in [6, 6.07) is 8.99. The Labute approximate surface area is 118 Å². The van der Waals surface area contributed by atoms with Crippen molar-refractivity contribution in [2.45, 2.75) is 0 Å². The van der Waals surface area contributed by atoms with Crippen molar-refractivity contribution >= 4 is 44.7 Å². The summed E-state index contributed by atoms with van der Waals surface area (Å²) in [5.41, 5.74) is 7.06. The summed E-state index contributed by atoms with van der Waals surface area (Å²) in [6.07, 6.45) is 1.48. The highest BCUT2D eigenvalue weighted by Crippen LogP contribution is 2.29. The molecule has 0 saturated heterocycles. The van der Waals surface area contributed by atoms with Gasteiger partial charge in [-0.2, -0.15) is 5.26 Å². The predicted molar refractivity (Wildman–Crippen MR) is 75.8 cm³/mol. The van der Waals surface area contributed by atoms with Crippen LogP contribution >= 0.6 is 27.5 Å². The second kappa shape index (κ2) is 5.25. The maximum Gasteiger partial charge on any atom is 0.148 e. The lowest BCUT2D eigenvalue weighted by atomic mass is 10.2. The third kappa shape index (κ3) is 2.73. The van der Waals surface area contributed by atoms with Crippen molar-refractivity contribution in [2.24, 2.45) is 0 Å². The third-order valence-corrected chi connectivity index (χ3v) is 3.02. The Bertz CT molecular complexity index is 636. The Morgan fingerprint density at radius 2 is 2.17 bits per heavy atom. The normalized spacial score (nSPS) is 9.83. The standard InChI is InChI=1S/C12H8BrClN4/c13-8-1-2-11(10(14)4-8)18-12-7(5-15)3-9(16)6-17-12/h1-4,6H,16H2,(H,17,18). The maximum atomic E-state index is 9.01. The number of nitriles is 1. The highest BCUT2D eigenvalue weighted by Gasteiger charge is 2.07. The van der Waals surface area contributed by atoms with E-state index in [1.54, 1.807) is 18.2 Å². The van der Waals surface area contributed by atoms with Gasteiger partial charge in [0, 0.05) is 4.47 Å². The van der Waals surface area contributed by atoms with Gasteiger partial charge in [0.15, 0.2) is 0 Å². The Balaban J connectivity index is 2.37. The molecular formula is C12H8BrClN4. The molecule has 1 heterocycles. The number of hydrogen-bond acceptors (Lipinski definition) is 4. The van der Waals surface area contributed by atoms with Crippen molar-refractivity contribution < 1.29 is 0 Å². The van der Waals surface area contributed by atoms with E-state index >= 15 is 0 Å². The summed E-state index contributed by atoms with van der Waals surface area (Å²) in [7, 11) is 0. The van der Waals surface area contributed by atoms with Crippen LogP contribution in [0.5, 0.6) is 0 Å². The van der Waals surface area contributed by atoms with Gasteiger partial charge in [0.05, 0.1) is 28.2 Å². The minimum Gasteiger partial charge on any atom is -0.397 e. The minimum absolute atomic E-state index is 0.369. The van der Waals surface area contributed by atoms with Crippen LogP contribution in [0.4, 0.5) is 17.2 Å². The molecule has 90 valence electrons. The second-order valence-electron chi connectivity index (χ2n) is 3.53. The van der Waals surface area contributed by atoms with Crippen LogP contribution in [0.2, 0.25) is 5.02 Å². The molecule has 1 aromatic heterocycles. The van der Waals surface area contributed by atoms with Gasteiger partial charge in [-0.25, -0.2) is 4.98 Å². The van der Waals surface area contributed by atoms with Crippen molar-refractivity contribution in [2.75, 3.05) is 11.1 Å². The summed E-state index contributed by atoms with van der Waals surface area (Å²) >= 11 is 9.40. The number of rotatable bonds is 2. The summed E-state index contributed by atoms with van der Waals surface area (Å²) in [6.45, 7) is 0. The molecule has 0 atom stereocenters. The SMILES string of the molecule is N#Cc1cc(N)cnc1Nc1ccc(Br)cc1Cl. The molecule has 6 heteroatoms. The molecule has 3 N–H and O–H groups in total. The average molecular weight is 324 g/mol. The fourth-order valence-corrected chi connectivity index (χ4v) is 2.10. The van der Waals surface area contributed by atoms with E-state index in [4.69, 9.17) is 22.6 Å². The van der Waals surface area contributed by atoms with E-state index in [-0.39, 0.29) is 0 Å². The van der Waals surface area contributed by atoms with Gasteiger partial charge in [-0.05, 0) is 24.3 Å². The topological polar surface area (TPSA) is 74.7 Å². The number of anilines is 3. The van der Waals surface area contributed by atoms with Crippen LogP contribution in [0.1, 0.15) is 5.56 Å². The molecule has 1 aromatic carbocycles. The first-order valence-corrected chi connectivity index (χ1v) is 6.15. The number of nitrogens with one attached hydrogen (secondary N) is 1. The van der Waals surface area contributed by atoms with Gasteiger partial charge in [0.2, 0.25) is 0 Å². The summed E-state index contributed by atoms with van der Waals surface area (Å²) in [5, 5.41) is 12.5. The zero-order chi connectivity index (χ0) is 13.1. The summed E-state index contributed by atoms with van der Waals surface area (Å²) in [4.78, 5) is 4.08. The van der Waals surface area contributed by atoms with Crippen LogP contribution in [0.25, 0.3) is 0 Å². The first-order valence-electron chi connectivity index (χ1n) is 4.98. The predicted octanol–water partition coefficient (Wildman–Crippen LogP) is 3.69. The molecule has 0 amide bonds. The number of pyridine rings is 1. The van der Waals surface area contributed by atoms with Gasteiger partial charge in [-0.3, -0.25) is 0 Å². The van der Waals surface area contributed by atoms with Gasteiger partial charge >= 0.3 is 0 Å². The summed E-state index contributed by atoms with van der Waals surface area (Å²) < 4.78 is 0.879. The largest absolute Gasteiger partial charge is 0.397 e. The number of nitrogen functional groups attached to an aromatic ring is 1. The Morgan fingerprint density at radius 3 is 2.83 bits per heavy atom. The van der Waals surface area contributed by atoms with E-state index in [9.17, 15) is 0 Å². The van der Waals surface area contributed by atoms with Crippen molar-refractivity contribution in [1.29, 1.82) is 5.26 Å². The first kappa shape index (κ1) is 12.7. The molecule has 4 nitrogen and oxygen atoms in total. The molecule has 0 radical (unpaired) electrons. The minimum atomic E-state index is 0.369. The van der Waals surface area contributed by atoms with E-state index in [1.165, 1.54) is 6.20 Å². The molecule has 0 spiro atoms. The highest BCUT2D eigenvalue weighted by atomic mass is 79.9. The van der Waals surface area contributed by atoms with Gasteiger partial charge in [0.1, 0.15) is 11.9 Å². The molecule has 0 aliphatic heterocycles. The summed E-state index contributed by atoms with van der Waals surface area (Å²) in [5.74, 6) is 0.427. The third-order valence-electron chi connectivity index (χ3n) is 2.21. The van der Waals surface area contributed by atoms with Crippen molar-refractivity contribution in [3.05, 3.63) is 45.5 Å². The quantitative estimate of drug-likeness (QED) is 0.883. The lowest BCUT2D eigenvalue weighted by Crippen LogP contribution is -1.99. The average Bonchev–Trinajstić information content (AvgIpc) is 2.34. The number of halogens is 2. The number of hydrogen-bond donors (Lipinski definition) is 2. The molecule has 0 bridgehead atoms. The number of benzene rings is 1. The fourth-order valence-electron chi connectivity index (χ4n) is 1.38. The van der Waals surface area contributed by atoms with Crippen LogP contribution in [0.15, 0.2) is 34.9 Å². The van der Waals surface area contributed by atoms with E-state index in [1.807, 2.05) is 12.1 Å². The Kier molecular flexibility index (Phi) is 3.70. The van der Waals surface area contributed by atoms with Crippen molar-refractivity contribution in [3.8, 4) is 6.07 Å². The van der Waals surface area contributed by atoms with Crippen LogP contribution in [0, 0.1) is 11.3 Å². The van der Waals surface area contributed by atoms with Crippen molar-refractivity contribution in [1.82, 2.24) is 4.98 Å². The Hall–Kier alpha value is -1.77. The molecule has 2 rings (SSSR count). The zero-order valence-electron chi connectivity index (χ0n) is 9.11. The molecule has 0 fully saturated rings. The van der Waals surface area contributed by atoms with Crippen LogP contribution in [-0.2, 0) is 0 Å². The van der Waals surface area contributed by atoms with Gasteiger partial charge < -0.3 is 11.1 Å². The molecular weight excluding hydrogens is 316 g/mol. The first-order chi connectivity index (χ1) is 8.60. The molecule has 2 aromatic rings. The van der Waals surface area contributed by atoms with E-state index < -0.39 is 0 Å². The Morgan fingerprint density at radius 1 is 1.39 bits per heavy atom. The van der Waals surface area contributed by atoms with Gasteiger partial charge in [-0.15, -0.1) is 0 Å². The number of nitrogens with two attached hydrogens (primary N) is 1. The maximum absolute atomic E-state index is 9.01. The molecule has 18 heavy (non-hydrogen) atoms. The lowest BCUT2D eigenvalue weighted by molar-refractivity contribution is 1.29. The number of aromatic nitrogens is 1. The van der Waals surface area contributed by atoms with E-state index in [0.29, 0.717) is 27.8 Å². The van der Waals surface area contributed by atoms with Gasteiger partial charge in [0.25, 0.3) is 0 Å². The van der Waals surface area contributed by atoms with Gasteiger partial charge in [-0.1, -0.05) is 27.5 Å². The van der Waals surface area contributed by atoms with E-state index in [2.05, 4.69) is 26.2 Å². The zero-order valence-corrected chi connectivity index (χ0v) is 11.5. The van der Waals surface area contributed by atoms with Crippen molar-refractivity contribution in [3.63, 3.8) is 0 Å². The molecule has 0 aliphatic rings. The molecule has 0 saturated carbocycles. The second-order valence-corrected chi connectivity index (χ2v) is 4.85. The fraction of sp³-hybridized carbons (Fsp3) is 0. The van der Waals surface area contributed by atoms with Crippen LogP contribution in [0.3, 0.4) is 0 Å². The molecule has 0 aliphatic carbocycles. The molecule has 0 unspecified atom stereocenters. The monoisotopic (exact) mass is 322 g/mol. The van der Waals surface area contributed by atoms with Crippen LogP contribution < -0.4 is 11.1 Å². The number of nitrogens with zero attached hydrogens (tertiary/aromatic N) is 2. The smallest absolute Gasteiger partial charge is 0.148 e. The lowest BCUT2D eigenvalue weighted by Gasteiger charge is -2.09.